The van der Waals surface area contributed by atoms with Crippen molar-refractivity contribution in [1.29, 1.82) is 0 Å². The average Bonchev–Trinajstić information content (AvgIpc) is 3.20. The van der Waals surface area contributed by atoms with Gasteiger partial charge in [0.1, 0.15) is 23.9 Å². The zero-order valence-electron chi connectivity index (χ0n) is 34.9. The molecule has 2 bridgehead atoms. The predicted octanol–water partition coefficient (Wildman–Crippen LogP) is 3.39. The molecule has 1 amide bonds. The summed E-state index contributed by atoms with van der Waals surface area (Å²) in [4.78, 5) is 82.9. The van der Waals surface area contributed by atoms with Crippen LogP contribution in [0.4, 0.5) is 0 Å². The van der Waals surface area contributed by atoms with Crippen LogP contribution in [0.25, 0.3) is 0 Å². The van der Waals surface area contributed by atoms with E-state index in [0.29, 0.717) is 11.1 Å². The molecule has 1 aliphatic heterocycles. The lowest BCUT2D eigenvalue weighted by Gasteiger charge is -2.67. The zero-order chi connectivity index (χ0) is 44.1. The van der Waals surface area contributed by atoms with Gasteiger partial charge in [0.25, 0.3) is 0 Å². The van der Waals surface area contributed by atoms with Crippen LogP contribution in [-0.4, -0.2) is 105 Å². The number of amides is 1. The molecule has 60 heavy (non-hydrogen) atoms. The van der Waals surface area contributed by atoms with Gasteiger partial charge in [0, 0.05) is 37.7 Å². The van der Waals surface area contributed by atoms with E-state index in [4.69, 9.17) is 23.7 Å². The smallest absolute Gasteiger partial charge is 0.338 e. The second-order valence-corrected chi connectivity index (χ2v) is 17.0. The highest BCUT2D eigenvalue weighted by molar-refractivity contribution is 5.96. The number of rotatable bonds is 10. The molecule has 2 saturated carbocycles. The third kappa shape index (κ3) is 7.24. The Morgan fingerprint density at radius 2 is 1.53 bits per heavy atom. The van der Waals surface area contributed by atoms with Gasteiger partial charge in [-0.3, -0.25) is 19.2 Å². The van der Waals surface area contributed by atoms with Crippen LogP contribution in [0.5, 0.6) is 0 Å². The van der Waals surface area contributed by atoms with Gasteiger partial charge in [0.2, 0.25) is 5.91 Å². The number of ketones is 1. The molecule has 0 radical (unpaired) electrons. The molecular formula is C45H53NO14. The molecule has 4 N–H and O–H groups in total. The van der Waals surface area contributed by atoms with E-state index in [1.54, 1.807) is 82.3 Å². The van der Waals surface area contributed by atoms with E-state index in [9.17, 15) is 39.3 Å². The van der Waals surface area contributed by atoms with Crippen LogP contribution in [0.2, 0.25) is 0 Å². The summed E-state index contributed by atoms with van der Waals surface area (Å²) >= 11 is 0. The fourth-order valence-corrected chi connectivity index (χ4v) is 9.75. The second kappa shape index (κ2) is 16.3. The number of allylic oxidation sites excluding steroid dienone is 1. The topological polar surface area (TPSA) is 221 Å². The Labute approximate surface area is 348 Å². The molecule has 2 aromatic rings. The van der Waals surface area contributed by atoms with E-state index < -0.39 is 113 Å². The molecule has 0 aromatic heterocycles. The first-order valence-electron chi connectivity index (χ1n) is 19.9. The van der Waals surface area contributed by atoms with Crippen molar-refractivity contribution in [2.24, 2.45) is 16.7 Å². The lowest BCUT2D eigenvalue weighted by Crippen LogP contribution is -2.82. The standard InChI is InChI=1S/C45H53NO14/c1-9-23(2)39(52)46-33(27-16-12-10-13-17-27)34(50)41(54)58-29-21-45(55)38(59-40(53)28-18-14-11-15-19-28)36-43(8,30(49)20-31-44(36,22-56-31)60-26(5)48)37(51)35(57-25(4)47)32(24(29)3)42(45,6)7/h9-19,29-31,33-36,38,49-50,55H,20-22H2,1-8H3,(H,46,52)/t29-,30+,31+,33+,34-,35-,36+,38+,43-,44+,45+/m1/s1. The molecule has 3 fully saturated rings. The first-order chi connectivity index (χ1) is 28.1. The first kappa shape index (κ1) is 44.3. The Morgan fingerprint density at radius 1 is 0.917 bits per heavy atom. The Bertz CT molecular complexity index is 2110. The van der Waals surface area contributed by atoms with Crippen LogP contribution in [0.15, 0.2) is 83.5 Å². The van der Waals surface area contributed by atoms with Gasteiger partial charge in [-0.1, -0.05) is 68.5 Å². The summed E-state index contributed by atoms with van der Waals surface area (Å²) in [6.07, 6.45) is -8.88. The maximum atomic E-state index is 15.4. The number of aliphatic hydroxyl groups is 3. The van der Waals surface area contributed by atoms with Crippen LogP contribution in [0.1, 0.15) is 90.2 Å². The second-order valence-electron chi connectivity index (χ2n) is 17.0. The van der Waals surface area contributed by atoms with Crippen LogP contribution < -0.4 is 5.32 Å². The van der Waals surface area contributed by atoms with Gasteiger partial charge in [0.15, 0.2) is 23.6 Å². The molecule has 1 saturated heterocycles. The molecule has 322 valence electrons. The summed E-state index contributed by atoms with van der Waals surface area (Å²) in [6.45, 7) is 11.2. The van der Waals surface area contributed by atoms with Gasteiger partial charge in [0.05, 0.1) is 35.6 Å². The van der Waals surface area contributed by atoms with Crippen molar-refractivity contribution in [3.05, 3.63) is 94.6 Å². The third-order valence-electron chi connectivity index (χ3n) is 13.2. The van der Waals surface area contributed by atoms with Gasteiger partial charge in [-0.15, -0.1) is 0 Å². The van der Waals surface area contributed by atoms with Crippen molar-refractivity contribution in [2.45, 2.75) is 122 Å². The van der Waals surface area contributed by atoms with E-state index in [1.165, 1.54) is 26.0 Å². The van der Waals surface area contributed by atoms with Crippen LogP contribution in [0.3, 0.4) is 0 Å². The number of fused-ring (bicyclic) bond motifs is 5. The number of Topliss-reactive ketones (excluding diaryl/α,β-unsaturated/α-hetero) is 1. The number of benzene rings is 2. The van der Waals surface area contributed by atoms with E-state index in [-0.39, 0.29) is 29.7 Å². The SMILES string of the molecule is CC=C(C)C(=O)N[C@@H](c1ccccc1)[C@@H](O)C(=O)O[C@@H]1C[C@]2(O)[C@@H](OC(=O)c3ccccc3)[C@@H]3[C@]4(OC(C)=O)CO[C@H]4C[C@H](O)[C@@]3(C)C(=O)[C@H](OC(C)=O)C(=C1C)C2(C)C. The maximum absolute atomic E-state index is 15.4. The largest absolute Gasteiger partial charge is 0.456 e. The minimum absolute atomic E-state index is 0.00140. The van der Waals surface area contributed by atoms with Crippen LogP contribution in [-0.2, 0) is 47.7 Å². The van der Waals surface area contributed by atoms with Crippen molar-refractivity contribution < 1.29 is 67.8 Å². The van der Waals surface area contributed by atoms with Crippen molar-refractivity contribution in [1.82, 2.24) is 5.32 Å². The molecule has 6 rings (SSSR count). The highest BCUT2D eigenvalue weighted by atomic mass is 16.6. The average molecular weight is 832 g/mol. The molecule has 11 atom stereocenters. The summed E-state index contributed by atoms with van der Waals surface area (Å²) in [7, 11) is 0. The zero-order valence-corrected chi connectivity index (χ0v) is 34.9. The molecule has 0 unspecified atom stereocenters. The predicted molar refractivity (Wildman–Crippen MR) is 211 cm³/mol. The number of nitrogens with one attached hydrogen (secondary N) is 1. The Hall–Kier alpha value is -5.22. The summed E-state index contributed by atoms with van der Waals surface area (Å²) in [5.74, 6) is -6.78. The van der Waals surface area contributed by atoms with Crippen molar-refractivity contribution in [2.75, 3.05) is 6.61 Å². The fourth-order valence-electron chi connectivity index (χ4n) is 9.75. The summed E-state index contributed by atoms with van der Waals surface area (Å²) < 4.78 is 30.2. The molecule has 15 heteroatoms. The fraction of sp³-hybridized carbons (Fsp3) is 0.511. The van der Waals surface area contributed by atoms with Gasteiger partial charge in [-0.25, -0.2) is 9.59 Å². The van der Waals surface area contributed by atoms with Crippen molar-refractivity contribution in [3.63, 3.8) is 0 Å². The van der Waals surface area contributed by atoms with Crippen LogP contribution >= 0.6 is 0 Å². The number of hydrogen-bond donors (Lipinski definition) is 4. The quantitative estimate of drug-likeness (QED) is 0.117. The lowest BCUT2D eigenvalue weighted by molar-refractivity contribution is -0.346. The highest BCUT2D eigenvalue weighted by Crippen LogP contribution is 2.64. The van der Waals surface area contributed by atoms with Crippen LogP contribution in [0, 0.1) is 16.7 Å². The van der Waals surface area contributed by atoms with E-state index in [0.717, 1.165) is 13.8 Å². The Balaban J connectivity index is 1.56. The molecule has 0 spiro atoms. The van der Waals surface area contributed by atoms with E-state index in [1.807, 2.05) is 0 Å². The minimum Gasteiger partial charge on any atom is -0.456 e. The summed E-state index contributed by atoms with van der Waals surface area (Å²) in [5, 5.41) is 40.0. The highest BCUT2D eigenvalue weighted by Gasteiger charge is 2.78. The molecule has 15 nitrogen and oxygen atoms in total. The van der Waals surface area contributed by atoms with Gasteiger partial charge in [-0.05, 0) is 56.5 Å². The third-order valence-corrected chi connectivity index (χ3v) is 13.2. The normalized spacial score (nSPS) is 32.9. The number of aliphatic hydroxyl groups excluding tert-OH is 2. The lowest BCUT2D eigenvalue weighted by atomic mass is 9.44. The summed E-state index contributed by atoms with van der Waals surface area (Å²) in [6, 6.07) is 14.8. The Morgan fingerprint density at radius 3 is 2.08 bits per heavy atom. The maximum Gasteiger partial charge on any atom is 0.338 e. The van der Waals surface area contributed by atoms with Gasteiger partial charge in [-0.2, -0.15) is 0 Å². The van der Waals surface area contributed by atoms with E-state index in [2.05, 4.69) is 5.32 Å². The first-order valence-corrected chi connectivity index (χ1v) is 19.9. The molecule has 4 aliphatic rings. The molecule has 3 aliphatic carbocycles. The number of hydrogen-bond acceptors (Lipinski definition) is 14. The Kier molecular flexibility index (Phi) is 12.1. The molecule has 2 aromatic carbocycles. The van der Waals surface area contributed by atoms with Crippen molar-refractivity contribution in [3.8, 4) is 0 Å². The van der Waals surface area contributed by atoms with E-state index >= 15 is 4.79 Å². The van der Waals surface area contributed by atoms with Gasteiger partial charge >= 0.3 is 23.9 Å². The number of esters is 4. The molecule has 1 heterocycles. The molecular weight excluding hydrogens is 778 g/mol. The minimum atomic E-state index is -2.38. The summed E-state index contributed by atoms with van der Waals surface area (Å²) in [5.41, 5.74) is -6.91. The number of ether oxygens (including phenoxy) is 5. The van der Waals surface area contributed by atoms with Crippen molar-refractivity contribution >= 4 is 35.6 Å². The van der Waals surface area contributed by atoms with Gasteiger partial charge < -0.3 is 44.3 Å². The monoisotopic (exact) mass is 831 g/mol. The number of carbonyl (C=O) groups excluding carboxylic acids is 6. The number of carbonyl (C=O) groups is 6.